The van der Waals surface area contributed by atoms with E-state index < -0.39 is 45.6 Å². The van der Waals surface area contributed by atoms with Crippen LogP contribution in [0.2, 0.25) is 0 Å². The summed E-state index contributed by atoms with van der Waals surface area (Å²) in [6.07, 6.45) is 4.73. The van der Waals surface area contributed by atoms with Gasteiger partial charge in [0, 0.05) is 11.3 Å². The summed E-state index contributed by atoms with van der Waals surface area (Å²) in [6, 6.07) is 0. The van der Waals surface area contributed by atoms with Gasteiger partial charge in [0.2, 0.25) is 0 Å². The predicted octanol–water partition coefficient (Wildman–Crippen LogP) is 4.29. The summed E-state index contributed by atoms with van der Waals surface area (Å²) in [5.41, 5.74) is -2.87. The smallest absolute Gasteiger partial charge is 0.164 e. The molecule has 0 unspecified atom stereocenters. The van der Waals surface area contributed by atoms with Crippen LogP contribution < -0.4 is 0 Å². The first-order valence-corrected chi connectivity index (χ1v) is 15.3. The van der Waals surface area contributed by atoms with Crippen molar-refractivity contribution in [3.05, 3.63) is 11.6 Å². The van der Waals surface area contributed by atoms with Crippen molar-refractivity contribution in [1.29, 1.82) is 0 Å². The highest BCUT2D eigenvalue weighted by molar-refractivity contribution is 5.95. The van der Waals surface area contributed by atoms with Crippen LogP contribution in [0, 0.1) is 34.5 Å². The topological polar surface area (TPSA) is 116 Å². The molecule has 1 saturated heterocycles. The molecule has 222 valence electrons. The van der Waals surface area contributed by atoms with Crippen molar-refractivity contribution in [2.24, 2.45) is 34.5 Å². The zero-order valence-corrected chi connectivity index (χ0v) is 25.3. The van der Waals surface area contributed by atoms with Gasteiger partial charge in [-0.05, 0) is 114 Å². The Morgan fingerprint density at radius 2 is 1.72 bits per heavy atom. The molecule has 1 heterocycles. The summed E-state index contributed by atoms with van der Waals surface area (Å²) in [5, 5.41) is 44.5. The van der Waals surface area contributed by atoms with E-state index in [9.17, 15) is 25.2 Å². The Kier molecular flexibility index (Phi) is 6.91. The molecule has 0 spiro atoms. The quantitative estimate of drug-likeness (QED) is 0.405. The van der Waals surface area contributed by atoms with Crippen molar-refractivity contribution in [2.75, 3.05) is 0 Å². The summed E-state index contributed by atoms with van der Waals surface area (Å²) in [7, 11) is 0. The van der Waals surface area contributed by atoms with Gasteiger partial charge in [-0.1, -0.05) is 27.2 Å². The molecule has 0 radical (unpaired) electrons. The van der Waals surface area contributed by atoms with Crippen LogP contribution in [0.4, 0.5) is 0 Å². The maximum absolute atomic E-state index is 13.5. The third-order valence-electron chi connectivity index (χ3n) is 12.3. The van der Waals surface area contributed by atoms with Crippen molar-refractivity contribution >= 4 is 5.78 Å². The van der Waals surface area contributed by atoms with Gasteiger partial charge in [-0.25, -0.2) is 0 Å². The summed E-state index contributed by atoms with van der Waals surface area (Å²) >= 11 is 0. The van der Waals surface area contributed by atoms with Crippen LogP contribution in [0.3, 0.4) is 0 Å². The molecule has 0 aromatic heterocycles. The number of allylic oxidation sites excluding steroid dienone is 1. The number of rotatable bonds is 5. The van der Waals surface area contributed by atoms with E-state index in [1.165, 1.54) is 0 Å². The molecule has 1 aliphatic heterocycles. The van der Waals surface area contributed by atoms with Gasteiger partial charge in [0.05, 0.1) is 35.1 Å². The van der Waals surface area contributed by atoms with Crippen molar-refractivity contribution in [2.45, 2.75) is 148 Å². The third-order valence-corrected chi connectivity index (χ3v) is 12.3. The molecule has 5 aliphatic rings. The molecule has 4 fully saturated rings. The molecule has 7 nitrogen and oxygen atoms in total. The zero-order chi connectivity index (χ0) is 29.0. The number of fused-ring (bicyclic) bond motifs is 5. The van der Waals surface area contributed by atoms with Crippen LogP contribution in [0.1, 0.15) is 107 Å². The van der Waals surface area contributed by atoms with E-state index in [0.717, 1.165) is 31.3 Å². The van der Waals surface area contributed by atoms with E-state index in [1.54, 1.807) is 6.08 Å². The molecular formula is C32H52O7. The summed E-state index contributed by atoms with van der Waals surface area (Å²) in [5.74, 6) is -1.14. The lowest BCUT2D eigenvalue weighted by Gasteiger charge is -2.60. The van der Waals surface area contributed by atoms with Gasteiger partial charge in [0.25, 0.3) is 0 Å². The Morgan fingerprint density at radius 3 is 2.33 bits per heavy atom. The van der Waals surface area contributed by atoms with E-state index in [4.69, 9.17) is 9.47 Å². The molecule has 39 heavy (non-hydrogen) atoms. The first-order valence-electron chi connectivity index (χ1n) is 15.3. The van der Waals surface area contributed by atoms with Crippen LogP contribution in [-0.4, -0.2) is 67.1 Å². The van der Waals surface area contributed by atoms with Gasteiger partial charge >= 0.3 is 0 Å². The Morgan fingerprint density at radius 1 is 1.05 bits per heavy atom. The third kappa shape index (κ3) is 4.24. The van der Waals surface area contributed by atoms with Gasteiger partial charge in [-0.3, -0.25) is 4.79 Å². The number of carbonyl (C=O) groups excluding carboxylic acids is 1. The fraction of sp³-hybridized carbons (Fsp3) is 0.906. The lowest BCUT2D eigenvalue weighted by atomic mass is 9.45. The van der Waals surface area contributed by atoms with E-state index in [1.807, 2.05) is 27.7 Å². The van der Waals surface area contributed by atoms with E-state index in [0.29, 0.717) is 19.3 Å². The summed E-state index contributed by atoms with van der Waals surface area (Å²) in [6.45, 7) is 16.1. The molecule has 0 bridgehead atoms. The largest absolute Gasteiger partial charge is 0.390 e. The highest BCUT2D eigenvalue weighted by Crippen LogP contribution is 2.70. The van der Waals surface area contributed by atoms with E-state index in [2.05, 4.69) is 27.7 Å². The van der Waals surface area contributed by atoms with Gasteiger partial charge in [0.15, 0.2) is 11.6 Å². The number of hydrogen-bond donors (Lipinski definition) is 4. The molecule has 0 aromatic rings. The normalized spacial score (nSPS) is 50.2. The van der Waals surface area contributed by atoms with Crippen molar-refractivity contribution in [1.82, 2.24) is 0 Å². The minimum atomic E-state index is -1.16. The molecular weight excluding hydrogens is 496 g/mol. The lowest BCUT2D eigenvalue weighted by molar-refractivity contribution is -0.191. The summed E-state index contributed by atoms with van der Waals surface area (Å²) < 4.78 is 13.3. The van der Waals surface area contributed by atoms with Gasteiger partial charge in [-0.2, -0.15) is 0 Å². The SMILES string of the molecule is CC[C@H](C[C@H]1OC(C)(C)O[C@]1(C)[C@H]1CC[C@@]2(O)C3=CC(=O)[C@@H]4C[C@@H](O)[C@@H](O)C[C@]4(C)[C@H]3CC[C@]12C)C(C)(C)O. The molecule has 0 amide bonds. The minimum Gasteiger partial charge on any atom is -0.390 e. The first kappa shape index (κ1) is 29.7. The van der Waals surface area contributed by atoms with Gasteiger partial charge < -0.3 is 29.9 Å². The van der Waals surface area contributed by atoms with Crippen LogP contribution in [0.15, 0.2) is 11.6 Å². The molecule has 4 aliphatic carbocycles. The number of carbonyl (C=O) groups is 1. The van der Waals surface area contributed by atoms with Crippen LogP contribution in [-0.2, 0) is 14.3 Å². The standard InChI is InChI=1S/C32H52O7/c1-9-18(27(2,3)36)14-26-31(8,39-28(4,5)38-26)25-11-13-32(37)20-15-22(33)21-16-23(34)24(35)17-29(21,6)19(20)10-12-30(25,32)7/h15,18-19,21,23-26,34-37H,9-14,16-17H2,1-8H3/t18-,19+,21+,23-,24+,25+,26-,29-,30-,31-,32-/m1/s1. The fourth-order valence-corrected chi connectivity index (χ4v) is 10.2. The minimum absolute atomic E-state index is 0.0117. The monoisotopic (exact) mass is 548 g/mol. The first-order chi connectivity index (χ1) is 17.8. The van der Waals surface area contributed by atoms with E-state index in [-0.39, 0.29) is 42.0 Å². The molecule has 3 saturated carbocycles. The van der Waals surface area contributed by atoms with Crippen molar-refractivity contribution in [3.8, 4) is 0 Å². The molecule has 0 aromatic carbocycles. The Hall–Kier alpha value is -0.830. The average Bonchev–Trinajstić information content (AvgIpc) is 3.22. The van der Waals surface area contributed by atoms with Crippen LogP contribution in [0.5, 0.6) is 0 Å². The summed E-state index contributed by atoms with van der Waals surface area (Å²) in [4.78, 5) is 13.5. The Labute approximate surface area is 234 Å². The Balaban J connectivity index is 1.52. The number of aliphatic hydroxyl groups excluding tert-OH is 2. The number of ketones is 1. The van der Waals surface area contributed by atoms with Crippen molar-refractivity contribution in [3.63, 3.8) is 0 Å². The average molecular weight is 549 g/mol. The molecule has 11 atom stereocenters. The second kappa shape index (κ2) is 9.08. The van der Waals surface area contributed by atoms with Crippen LogP contribution in [0.25, 0.3) is 0 Å². The maximum atomic E-state index is 13.5. The Bertz CT molecular complexity index is 1030. The number of hydrogen-bond acceptors (Lipinski definition) is 7. The van der Waals surface area contributed by atoms with Crippen molar-refractivity contribution < 1.29 is 34.7 Å². The number of ether oxygens (including phenoxy) is 2. The molecule has 7 heteroatoms. The van der Waals surface area contributed by atoms with Gasteiger partial charge in [-0.15, -0.1) is 0 Å². The second-order valence-electron chi connectivity index (χ2n) is 15.4. The fourth-order valence-electron chi connectivity index (χ4n) is 10.2. The second-order valence-corrected chi connectivity index (χ2v) is 15.4. The molecule has 5 rings (SSSR count). The molecule has 4 N–H and O–H groups in total. The highest BCUT2D eigenvalue weighted by Gasteiger charge is 2.71. The lowest BCUT2D eigenvalue weighted by Crippen LogP contribution is -2.62. The van der Waals surface area contributed by atoms with Gasteiger partial charge in [0.1, 0.15) is 0 Å². The van der Waals surface area contributed by atoms with E-state index >= 15 is 0 Å². The predicted molar refractivity (Wildman–Crippen MR) is 148 cm³/mol. The number of aliphatic hydroxyl groups is 4. The highest BCUT2D eigenvalue weighted by atomic mass is 16.8. The zero-order valence-electron chi connectivity index (χ0n) is 25.3. The maximum Gasteiger partial charge on any atom is 0.164 e. The van der Waals surface area contributed by atoms with Crippen LogP contribution >= 0.6 is 0 Å².